The van der Waals surface area contributed by atoms with Crippen LogP contribution in [0.25, 0.3) is 22.8 Å². The smallest absolute Gasteiger partial charge is 0.299 e. The second-order valence-electron chi connectivity index (χ2n) is 8.99. The van der Waals surface area contributed by atoms with Gasteiger partial charge in [0.15, 0.2) is 5.82 Å². The van der Waals surface area contributed by atoms with Crippen molar-refractivity contribution in [3.8, 4) is 22.8 Å². The second kappa shape index (κ2) is 10.7. The van der Waals surface area contributed by atoms with E-state index in [-0.39, 0.29) is 24.5 Å². The van der Waals surface area contributed by atoms with Crippen LogP contribution in [-0.2, 0) is 17.6 Å². The van der Waals surface area contributed by atoms with Crippen LogP contribution in [0.3, 0.4) is 0 Å². The summed E-state index contributed by atoms with van der Waals surface area (Å²) >= 11 is 6.35. The molecule has 0 atom stereocenters. The summed E-state index contributed by atoms with van der Waals surface area (Å²) in [6, 6.07) is 12.5. The van der Waals surface area contributed by atoms with Gasteiger partial charge < -0.3 is 0 Å². The van der Waals surface area contributed by atoms with Crippen molar-refractivity contribution in [1.29, 1.82) is 0 Å². The molecule has 1 N–H and O–H groups in total. The van der Waals surface area contributed by atoms with Crippen molar-refractivity contribution >= 4 is 17.4 Å². The third-order valence-electron chi connectivity index (χ3n) is 6.01. The van der Waals surface area contributed by atoms with Gasteiger partial charge >= 0.3 is 11.9 Å². The minimum Gasteiger partial charge on any atom is -0.299 e. The molecule has 35 heavy (non-hydrogen) atoms. The van der Waals surface area contributed by atoms with Gasteiger partial charge in [-0.05, 0) is 56.4 Å². The van der Waals surface area contributed by atoms with E-state index in [2.05, 4.69) is 21.9 Å². The first kappa shape index (κ1) is 26.6. The third kappa shape index (κ3) is 6.36. The first-order valence-electron chi connectivity index (χ1n) is 11.4. The van der Waals surface area contributed by atoms with Gasteiger partial charge in [0.05, 0.1) is 5.02 Å². The van der Waals surface area contributed by atoms with E-state index in [9.17, 15) is 22.8 Å². The molecule has 0 radical (unpaired) electrons. The Morgan fingerprint density at radius 1 is 1.00 bits per heavy atom. The number of ketones is 1. The van der Waals surface area contributed by atoms with Crippen LogP contribution < -0.4 is 5.69 Å². The van der Waals surface area contributed by atoms with Gasteiger partial charge in [-0.15, -0.1) is 0 Å². The highest BCUT2D eigenvalue weighted by Crippen LogP contribution is 2.39. The standard InChI is InChI=1S/C26H27ClF3N3O2/c1-4-5-6-16-7-11-18(12-8-16)22-31-23(33-24(35)32-22)19-15-17(9-13-20(19)27)10-14-21(34)25(2,3)26(28,29)30/h7-9,11-13,15H,4-6,10,14H2,1-3H3,(H,31,32,33,35). The van der Waals surface area contributed by atoms with Gasteiger partial charge in [0, 0.05) is 17.5 Å². The first-order valence-corrected chi connectivity index (χ1v) is 11.8. The molecule has 1 aromatic heterocycles. The number of benzene rings is 2. The quantitative estimate of drug-likeness (QED) is 0.356. The number of aromatic nitrogens is 3. The molecule has 0 spiro atoms. The van der Waals surface area contributed by atoms with E-state index in [1.165, 1.54) is 5.56 Å². The number of H-pyrrole nitrogens is 1. The normalized spacial score (nSPS) is 12.1. The highest BCUT2D eigenvalue weighted by atomic mass is 35.5. The summed E-state index contributed by atoms with van der Waals surface area (Å²) in [4.78, 5) is 35.5. The first-order chi connectivity index (χ1) is 16.4. The molecule has 0 aliphatic rings. The number of Topliss-reactive ketones (excluding diaryl/α,β-unsaturated/α-hetero) is 1. The average Bonchev–Trinajstić information content (AvgIpc) is 2.81. The molecule has 0 amide bonds. The Morgan fingerprint density at radius 2 is 1.66 bits per heavy atom. The summed E-state index contributed by atoms with van der Waals surface area (Å²) in [5.74, 6) is -0.486. The van der Waals surface area contributed by atoms with E-state index < -0.39 is 23.1 Å². The lowest BCUT2D eigenvalue weighted by Gasteiger charge is -2.26. The van der Waals surface area contributed by atoms with E-state index >= 15 is 0 Å². The Hall–Kier alpha value is -3.00. The lowest BCUT2D eigenvalue weighted by molar-refractivity contribution is -0.210. The zero-order chi connectivity index (χ0) is 25.8. The molecular formula is C26H27ClF3N3O2. The number of aromatic amines is 1. The molecule has 0 saturated heterocycles. The molecular weight excluding hydrogens is 479 g/mol. The number of nitrogens with one attached hydrogen (secondary N) is 1. The van der Waals surface area contributed by atoms with Crippen LogP contribution in [0, 0.1) is 5.41 Å². The van der Waals surface area contributed by atoms with Gasteiger partial charge in [0.2, 0.25) is 0 Å². The fourth-order valence-electron chi connectivity index (χ4n) is 3.48. The monoisotopic (exact) mass is 505 g/mol. The second-order valence-corrected chi connectivity index (χ2v) is 9.39. The number of hydrogen-bond acceptors (Lipinski definition) is 4. The van der Waals surface area contributed by atoms with Crippen LogP contribution >= 0.6 is 11.6 Å². The van der Waals surface area contributed by atoms with Gasteiger partial charge in [0.1, 0.15) is 17.0 Å². The Kier molecular flexibility index (Phi) is 8.15. The van der Waals surface area contributed by atoms with Gasteiger partial charge in [-0.2, -0.15) is 18.2 Å². The summed E-state index contributed by atoms with van der Waals surface area (Å²) in [5, 5.41) is 0.297. The van der Waals surface area contributed by atoms with Crippen LogP contribution in [0.2, 0.25) is 5.02 Å². The highest BCUT2D eigenvalue weighted by Gasteiger charge is 2.51. The van der Waals surface area contributed by atoms with Crippen molar-refractivity contribution in [3.63, 3.8) is 0 Å². The molecule has 3 rings (SSSR count). The molecule has 186 valence electrons. The zero-order valence-electron chi connectivity index (χ0n) is 19.8. The van der Waals surface area contributed by atoms with Crippen molar-refractivity contribution in [2.75, 3.05) is 0 Å². The fourth-order valence-corrected chi connectivity index (χ4v) is 3.69. The number of aryl methyl sites for hydroxylation is 2. The maximum absolute atomic E-state index is 13.2. The number of halogens is 4. The van der Waals surface area contributed by atoms with Crippen LogP contribution in [0.4, 0.5) is 13.2 Å². The summed E-state index contributed by atoms with van der Waals surface area (Å²) in [5.41, 5.74) is -0.196. The van der Waals surface area contributed by atoms with Crippen molar-refractivity contribution in [1.82, 2.24) is 15.0 Å². The fraction of sp³-hybridized carbons (Fsp3) is 0.385. The molecule has 0 aliphatic heterocycles. The predicted octanol–water partition coefficient (Wildman–Crippen LogP) is 6.59. The van der Waals surface area contributed by atoms with Crippen LogP contribution in [-0.4, -0.2) is 26.9 Å². The molecule has 0 unspecified atom stereocenters. The largest absolute Gasteiger partial charge is 0.400 e. The van der Waals surface area contributed by atoms with E-state index in [0.29, 0.717) is 21.7 Å². The number of unbranched alkanes of at least 4 members (excludes halogenated alkanes) is 1. The lowest BCUT2D eigenvalue weighted by Crippen LogP contribution is -2.39. The molecule has 0 fully saturated rings. The minimum absolute atomic E-state index is 0.0872. The van der Waals surface area contributed by atoms with Crippen LogP contribution in [0.1, 0.15) is 51.2 Å². The number of nitrogens with zero attached hydrogens (tertiary/aromatic N) is 2. The lowest BCUT2D eigenvalue weighted by atomic mass is 9.84. The Morgan fingerprint density at radius 3 is 2.29 bits per heavy atom. The molecule has 0 saturated carbocycles. The number of carbonyl (C=O) groups excluding carboxylic acids is 1. The topological polar surface area (TPSA) is 75.7 Å². The third-order valence-corrected chi connectivity index (χ3v) is 6.34. The summed E-state index contributed by atoms with van der Waals surface area (Å²) in [6.07, 6.45) is -1.69. The molecule has 0 bridgehead atoms. The predicted molar refractivity (Wildman–Crippen MR) is 130 cm³/mol. The molecule has 0 aliphatic carbocycles. The molecule has 9 heteroatoms. The number of carbonyl (C=O) groups is 1. The SMILES string of the molecule is CCCCc1ccc(-c2nc(-c3cc(CCC(=O)C(C)(C)C(F)(F)F)ccc3Cl)[nH]c(=O)n2)cc1. The van der Waals surface area contributed by atoms with Gasteiger partial charge in [-0.1, -0.05) is 55.3 Å². The van der Waals surface area contributed by atoms with E-state index in [1.807, 2.05) is 24.3 Å². The van der Waals surface area contributed by atoms with Gasteiger partial charge in [-0.3, -0.25) is 9.78 Å². The number of rotatable bonds is 9. The highest BCUT2D eigenvalue weighted by molar-refractivity contribution is 6.33. The van der Waals surface area contributed by atoms with Crippen LogP contribution in [0.15, 0.2) is 47.3 Å². The Balaban J connectivity index is 1.86. The molecule has 1 heterocycles. The van der Waals surface area contributed by atoms with Crippen molar-refractivity contribution in [2.45, 2.75) is 59.1 Å². The van der Waals surface area contributed by atoms with Crippen molar-refractivity contribution in [2.24, 2.45) is 5.41 Å². The summed E-state index contributed by atoms with van der Waals surface area (Å²) in [6.45, 7) is 3.89. The Labute approximate surface area is 206 Å². The maximum Gasteiger partial charge on any atom is 0.400 e. The minimum atomic E-state index is -4.62. The van der Waals surface area contributed by atoms with E-state index in [0.717, 1.165) is 33.1 Å². The Bertz CT molecular complexity index is 1250. The van der Waals surface area contributed by atoms with Gasteiger partial charge in [-0.25, -0.2) is 9.78 Å². The van der Waals surface area contributed by atoms with Gasteiger partial charge in [0.25, 0.3) is 0 Å². The average molecular weight is 506 g/mol. The summed E-state index contributed by atoms with van der Waals surface area (Å²) in [7, 11) is 0. The van der Waals surface area contributed by atoms with Crippen molar-refractivity contribution < 1.29 is 18.0 Å². The molecule has 5 nitrogen and oxygen atoms in total. The molecule has 2 aromatic carbocycles. The van der Waals surface area contributed by atoms with Crippen LogP contribution in [0.5, 0.6) is 0 Å². The molecule has 3 aromatic rings. The van der Waals surface area contributed by atoms with E-state index in [4.69, 9.17) is 11.6 Å². The van der Waals surface area contributed by atoms with E-state index in [1.54, 1.807) is 18.2 Å². The zero-order valence-corrected chi connectivity index (χ0v) is 20.6. The summed E-state index contributed by atoms with van der Waals surface area (Å²) < 4.78 is 39.5. The van der Waals surface area contributed by atoms with Crippen molar-refractivity contribution in [3.05, 3.63) is 69.1 Å². The number of hydrogen-bond donors (Lipinski definition) is 1. The maximum atomic E-state index is 13.2. The number of alkyl halides is 3.